The molecule has 3 aromatic rings. The van der Waals surface area contributed by atoms with E-state index in [4.69, 9.17) is 11.6 Å². The highest BCUT2D eigenvalue weighted by Crippen LogP contribution is 2.24. The molecule has 4 rings (SSSR count). The Morgan fingerprint density at radius 2 is 1.76 bits per heavy atom. The van der Waals surface area contributed by atoms with Crippen molar-refractivity contribution >= 4 is 34.3 Å². The maximum absolute atomic E-state index is 12.8. The molecule has 1 N–H and O–H groups in total. The fraction of sp³-hybridized carbons (Fsp3) is 0.348. The summed E-state index contributed by atoms with van der Waals surface area (Å²) in [5.41, 5.74) is 2.31. The number of rotatable bonds is 6. The van der Waals surface area contributed by atoms with E-state index in [1.165, 1.54) is 6.42 Å². The second-order valence-corrected chi connectivity index (χ2v) is 8.02. The number of imidazole rings is 1. The quantitative estimate of drug-likeness (QED) is 0.596. The first-order chi connectivity index (χ1) is 14.1. The van der Waals surface area contributed by atoms with Gasteiger partial charge in [-0.15, -0.1) is 0 Å². The first kappa shape index (κ1) is 19.6. The summed E-state index contributed by atoms with van der Waals surface area (Å²) >= 11 is 5.93. The number of hydrogen-bond acceptors (Lipinski definition) is 3. The van der Waals surface area contributed by atoms with Crippen LogP contribution in [-0.4, -0.2) is 21.2 Å². The molecule has 1 aromatic heterocycles. The van der Waals surface area contributed by atoms with Crippen molar-refractivity contribution in [3.63, 3.8) is 0 Å². The van der Waals surface area contributed by atoms with E-state index in [-0.39, 0.29) is 24.2 Å². The van der Waals surface area contributed by atoms with Crippen LogP contribution in [0.25, 0.3) is 11.0 Å². The van der Waals surface area contributed by atoms with Gasteiger partial charge in [0.15, 0.2) is 5.78 Å². The second kappa shape index (κ2) is 8.78. The van der Waals surface area contributed by atoms with Gasteiger partial charge in [-0.05, 0) is 49.2 Å². The van der Waals surface area contributed by atoms with E-state index in [0.717, 1.165) is 36.7 Å². The van der Waals surface area contributed by atoms with Crippen molar-refractivity contribution in [1.82, 2.24) is 14.9 Å². The lowest BCUT2D eigenvalue weighted by Gasteiger charge is -2.20. The zero-order valence-corrected chi connectivity index (χ0v) is 17.0. The van der Waals surface area contributed by atoms with Gasteiger partial charge in [-0.2, -0.15) is 0 Å². The number of fused-ring (bicyclic) bond motifs is 1. The second-order valence-electron chi connectivity index (χ2n) is 7.59. The van der Waals surface area contributed by atoms with E-state index >= 15 is 0 Å². The van der Waals surface area contributed by atoms with E-state index in [1.54, 1.807) is 24.3 Å². The van der Waals surface area contributed by atoms with Crippen molar-refractivity contribution in [1.29, 1.82) is 0 Å². The zero-order chi connectivity index (χ0) is 20.2. The number of carbonyl (C=O) groups excluding carboxylic acids is 2. The number of para-hydroxylation sites is 2. The highest BCUT2D eigenvalue weighted by atomic mass is 35.5. The maximum atomic E-state index is 12.8. The summed E-state index contributed by atoms with van der Waals surface area (Å²) < 4.78 is 1.90. The molecule has 0 bridgehead atoms. The van der Waals surface area contributed by atoms with Crippen LogP contribution in [0.1, 0.15) is 48.3 Å². The Morgan fingerprint density at radius 3 is 2.52 bits per heavy atom. The Bertz CT molecular complexity index is 1020. The summed E-state index contributed by atoms with van der Waals surface area (Å²) in [6.45, 7) is 0.481. The lowest BCUT2D eigenvalue weighted by atomic mass is 9.89. The molecule has 1 amide bonds. The van der Waals surface area contributed by atoms with E-state index in [9.17, 15) is 9.59 Å². The molecule has 1 aliphatic rings. The average molecular weight is 410 g/mol. The van der Waals surface area contributed by atoms with Crippen molar-refractivity contribution in [2.75, 3.05) is 0 Å². The Hall–Kier alpha value is -2.66. The molecule has 1 fully saturated rings. The minimum Gasteiger partial charge on any atom is -0.349 e. The summed E-state index contributed by atoms with van der Waals surface area (Å²) in [6.07, 6.45) is 5.36. The molecule has 6 heteroatoms. The molecule has 0 radical (unpaired) electrons. The highest BCUT2D eigenvalue weighted by Gasteiger charge is 2.22. The number of nitrogens with zero attached hydrogens (tertiary/aromatic N) is 2. The van der Waals surface area contributed by atoms with Crippen molar-refractivity contribution in [2.24, 2.45) is 5.92 Å². The number of Topliss-reactive ketones (excluding diaryl/α,β-unsaturated/α-hetero) is 1. The lowest BCUT2D eigenvalue weighted by Crippen LogP contribution is -2.32. The van der Waals surface area contributed by atoms with Crippen molar-refractivity contribution in [2.45, 2.75) is 45.2 Å². The number of benzene rings is 2. The molecular weight excluding hydrogens is 386 g/mol. The Balaban J connectivity index is 1.54. The van der Waals surface area contributed by atoms with Crippen LogP contribution < -0.4 is 5.32 Å². The number of carbonyl (C=O) groups is 2. The molecule has 150 valence electrons. The average Bonchev–Trinajstić information content (AvgIpc) is 3.10. The number of nitrogens with one attached hydrogen (secondary N) is 1. The molecular formula is C23H24ClN3O2. The van der Waals surface area contributed by atoms with Gasteiger partial charge >= 0.3 is 0 Å². The van der Waals surface area contributed by atoms with E-state index in [1.807, 2.05) is 28.8 Å². The first-order valence-electron chi connectivity index (χ1n) is 10.1. The normalized spacial score (nSPS) is 14.8. The van der Waals surface area contributed by atoms with Gasteiger partial charge in [0.05, 0.1) is 24.1 Å². The largest absolute Gasteiger partial charge is 0.349 e. The Labute approximate surface area is 175 Å². The predicted octanol–water partition coefficient (Wildman–Crippen LogP) is 4.77. The van der Waals surface area contributed by atoms with Gasteiger partial charge in [0, 0.05) is 16.5 Å². The van der Waals surface area contributed by atoms with Gasteiger partial charge in [0.2, 0.25) is 5.91 Å². The van der Waals surface area contributed by atoms with E-state index in [2.05, 4.69) is 10.3 Å². The summed E-state index contributed by atoms with van der Waals surface area (Å²) in [6, 6.07) is 14.6. The van der Waals surface area contributed by atoms with Gasteiger partial charge < -0.3 is 9.88 Å². The molecule has 0 aliphatic heterocycles. The topological polar surface area (TPSA) is 64.0 Å². The standard InChI is InChI=1S/C23H24ClN3O2/c24-18-12-10-16(11-13-18)21(28)15-27-20-9-5-4-8-19(20)26-22(27)14-25-23(29)17-6-2-1-3-7-17/h4-5,8-13,17H,1-3,6-7,14-15H2,(H,25,29). The molecule has 1 aliphatic carbocycles. The number of ketones is 1. The molecule has 2 aromatic carbocycles. The molecule has 0 spiro atoms. The number of halogens is 1. The summed E-state index contributed by atoms with van der Waals surface area (Å²) in [4.78, 5) is 30.0. The van der Waals surface area contributed by atoms with Crippen LogP contribution in [0.3, 0.4) is 0 Å². The summed E-state index contributed by atoms with van der Waals surface area (Å²) in [7, 11) is 0. The van der Waals surface area contributed by atoms with Crippen LogP contribution in [0.2, 0.25) is 5.02 Å². The number of hydrogen-bond donors (Lipinski definition) is 1. The van der Waals surface area contributed by atoms with Crippen LogP contribution >= 0.6 is 11.6 Å². The third kappa shape index (κ3) is 4.51. The maximum Gasteiger partial charge on any atom is 0.223 e. The molecule has 0 saturated heterocycles. The molecule has 1 heterocycles. The minimum atomic E-state index is -0.0234. The van der Waals surface area contributed by atoms with Crippen LogP contribution in [-0.2, 0) is 17.9 Å². The third-order valence-corrected chi connectivity index (χ3v) is 5.85. The summed E-state index contributed by atoms with van der Waals surface area (Å²) in [5, 5.41) is 3.64. The number of aromatic nitrogens is 2. The van der Waals surface area contributed by atoms with Gasteiger partial charge in [-0.25, -0.2) is 4.98 Å². The van der Waals surface area contributed by atoms with E-state index in [0.29, 0.717) is 23.0 Å². The smallest absolute Gasteiger partial charge is 0.223 e. The fourth-order valence-corrected chi connectivity index (χ4v) is 4.11. The monoisotopic (exact) mass is 409 g/mol. The van der Waals surface area contributed by atoms with Crippen LogP contribution in [0.15, 0.2) is 48.5 Å². The Kier molecular flexibility index (Phi) is 5.95. The third-order valence-electron chi connectivity index (χ3n) is 5.60. The van der Waals surface area contributed by atoms with Gasteiger partial charge in [-0.1, -0.05) is 43.0 Å². The molecule has 29 heavy (non-hydrogen) atoms. The summed E-state index contributed by atoms with van der Waals surface area (Å²) in [5.74, 6) is 0.854. The Morgan fingerprint density at radius 1 is 1.03 bits per heavy atom. The SMILES string of the molecule is O=C(Cn1c(CNC(=O)C2CCCCC2)nc2ccccc21)c1ccc(Cl)cc1. The van der Waals surface area contributed by atoms with Crippen molar-refractivity contribution in [3.8, 4) is 0 Å². The van der Waals surface area contributed by atoms with Crippen molar-refractivity contribution in [3.05, 3.63) is 64.9 Å². The minimum absolute atomic E-state index is 0.0234. The van der Waals surface area contributed by atoms with Gasteiger partial charge in [-0.3, -0.25) is 9.59 Å². The number of amides is 1. The van der Waals surface area contributed by atoms with Gasteiger partial charge in [0.25, 0.3) is 0 Å². The highest BCUT2D eigenvalue weighted by molar-refractivity contribution is 6.30. The van der Waals surface area contributed by atoms with Gasteiger partial charge in [0.1, 0.15) is 5.82 Å². The molecule has 1 saturated carbocycles. The lowest BCUT2D eigenvalue weighted by molar-refractivity contribution is -0.126. The van der Waals surface area contributed by atoms with Crippen LogP contribution in [0, 0.1) is 5.92 Å². The zero-order valence-electron chi connectivity index (χ0n) is 16.2. The predicted molar refractivity (Wildman–Crippen MR) is 114 cm³/mol. The van der Waals surface area contributed by atoms with E-state index < -0.39 is 0 Å². The van der Waals surface area contributed by atoms with Crippen molar-refractivity contribution < 1.29 is 9.59 Å². The molecule has 5 nitrogen and oxygen atoms in total. The molecule has 0 atom stereocenters. The first-order valence-corrected chi connectivity index (χ1v) is 10.5. The molecule has 0 unspecified atom stereocenters. The van der Waals surface area contributed by atoms with Crippen LogP contribution in [0.4, 0.5) is 0 Å². The van der Waals surface area contributed by atoms with Crippen LogP contribution in [0.5, 0.6) is 0 Å². The fourth-order valence-electron chi connectivity index (χ4n) is 3.98.